The number of methoxy groups -OCH3 is 1. The van der Waals surface area contributed by atoms with E-state index >= 15 is 0 Å². The number of nitrogens with one attached hydrogen (secondary N) is 1. The fourth-order valence-corrected chi connectivity index (χ4v) is 2.99. The van der Waals surface area contributed by atoms with Crippen LogP contribution in [0.4, 0.5) is 0 Å². The zero-order chi connectivity index (χ0) is 15.8. The highest BCUT2D eigenvalue weighted by Crippen LogP contribution is 2.58. The molecule has 0 heterocycles. The molecule has 1 fully saturated rings. The van der Waals surface area contributed by atoms with Gasteiger partial charge in [0.2, 0.25) is 5.91 Å². The van der Waals surface area contributed by atoms with Crippen LogP contribution < -0.4 is 10.1 Å². The molecular formula is C16H21NO4. The maximum atomic E-state index is 12.3. The minimum absolute atomic E-state index is 0.217. The Morgan fingerprint density at radius 3 is 2.43 bits per heavy atom. The highest BCUT2D eigenvalue weighted by molar-refractivity contribution is 5.91. The van der Waals surface area contributed by atoms with Gasteiger partial charge >= 0.3 is 5.97 Å². The maximum Gasteiger partial charge on any atom is 0.307 e. The van der Waals surface area contributed by atoms with Crippen LogP contribution in [0.15, 0.2) is 24.3 Å². The van der Waals surface area contributed by atoms with Gasteiger partial charge in [0.1, 0.15) is 5.75 Å². The molecule has 3 unspecified atom stereocenters. The molecule has 2 rings (SSSR count). The van der Waals surface area contributed by atoms with Gasteiger partial charge in [-0.25, -0.2) is 0 Å². The van der Waals surface area contributed by atoms with Crippen molar-refractivity contribution >= 4 is 11.9 Å². The topological polar surface area (TPSA) is 75.6 Å². The molecule has 1 aromatic carbocycles. The molecule has 1 saturated carbocycles. The average molecular weight is 291 g/mol. The van der Waals surface area contributed by atoms with E-state index in [1.807, 2.05) is 45.0 Å². The molecule has 0 aromatic heterocycles. The third-order valence-corrected chi connectivity index (χ3v) is 4.34. The number of ether oxygens (including phenoxy) is 1. The molecule has 114 valence electrons. The van der Waals surface area contributed by atoms with Crippen LogP contribution in [0.5, 0.6) is 5.75 Å². The molecule has 0 aliphatic heterocycles. The van der Waals surface area contributed by atoms with Crippen LogP contribution in [0, 0.1) is 17.3 Å². The van der Waals surface area contributed by atoms with Crippen molar-refractivity contribution < 1.29 is 19.4 Å². The smallest absolute Gasteiger partial charge is 0.307 e. The van der Waals surface area contributed by atoms with Crippen molar-refractivity contribution in [1.82, 2.24) is 5.32 Å². The number of aliphatic carboxylic acids is 1. The van der Waals surface area contributed by atoms with Crippen LogP contribution in [0.2, 0.25) is 0 Å². The van der Waals surface area contributed by atoms with Gasteiger partial charge in [0.15, 0.2) is 0 Å². The molecule has 1 aromatic rings. The molecule has 0 saturated heterocycles. The van der Waals surface area contributed by atoms with Gasteiger partial charge < -0.3 is 15.2 Å². The second-order valence-corrected chi connectivity index (χ2v) is 6.09. The second-order valence-electron chi connectivity index (χ2n) is 6.09. The van der Waals surface area contributed by atoms with Gasteiger partial charge in [0, 0.05) is 5.56 Å². The highest BCUT2D eigenvalue weighted by Gasteiger charge is 2.65. The first-order valence-corrected chi connectivity index (χ1v) is 6.96. The van der Waals surface area contributed by atoms with Crippen LogP contribution in [-0.2, 0) is 9.59 Å². The van der Waals surface area contributed by atoms with Crippen LogP contribution >= 0.6 is 0 Å². The Hall–Kier alpha value is -2.04. The number of carboxylic acids is 1. The van der Waals surface area contributed by atoms with Crippen LogP contribution in [0.1, 0.15) is 32.4 Å². The summed E-state index contributed by atoms with van der Waals surface area (Å²) in [6.07, 6.45) is 0. The van der Waals surface area contributed by atoms with Gasteiger partial charge in [-0.05, 0) is 18.4 Å². The number of carbonyl (C=O) groups excluding carboxylic acids is 1. The Kier molecular flexibility index (Phi) is 3.94. The first-order valence-electron chi connectivity index (χ1n) is 6.96. The summed E-state index contributed by atoms with van der Waals surface area (Å²) < 4.78 is 5.28. The third kappa shape index (κ3) is 2.73. The van der Waals surface area contributed by atoms with E-state index in [9.17, 15) is 9.59 Å². The van der Waals surface area contributed by atoms with Gasteiger partial charge in [-0.3, -0.25) is 9.59 Å². The third-order valence-electron chi connectivity index (χ3n) is 4.34. The standard InChI is InChI=1S/C16H21NO4/c1-9(10-7-5-6-8-11(10)21-4)17-14(18)12-13(15(19)20)16(12,2)3/h5-9,12-13H,1-4H3,(H,17,18)(H,19,20). The lowest BCUT2D eigenvalue weighted by molar-refractivity contribution is -0.140. The number of hydrogen-bond donors (Lipinski definition) is 2. The number of carboxylic acid groups (broad SMARTS) is 1. The van der Waals surface area contributed by atoms with Gasteiger partial charge in [-0.2, -0.15) is 0 Å². The number of rotatable bonds is 5. The van der Waals surface area contributed by atoms with Crippen molar-refractivity contribution in [3.05, 3.63) is 29.8 Å². The average Bonchev–Trinajstić information content (AvgIpc) is 3.01. The number of para-hydroxylation sites is 1. The normalized spacial score (nSPS) is 24.0. The van der Waals surface area contributed by atoms with Crippen molar-refractivity contribution in [3.8, 4) is 5.75 Å². The number of amides is 1. The van der Waals surface area contributed by atoms with Gasteiger partial charge in [0.05, 0.1) is 25.0 Å². The Balaban J connectivity index is 2.09. The van der Waals surface area contributed by atoms with Gasteiger partial charge in [-0.1, -0.05) is 32.0 Å². The van der Waals surface area contributed by atoms with E-state index in [-0.39, 0.29) is 11.9 Å². The van der Waals surface area contributed by atoms with Gasteiger partial charge in [0.25, 0.3) is 0 Å². The van der Waals surface area contributed by atoms with Crippen LogP contribution in [0.25, 0.3) is 0 Å². The molecular weight excluding hydrogens is 270 g/mol. The second kappa shape index (κ2) is 5.39. The van der Waals surface area contributed by atoms with E-state index in [2.05, 4.69) is 5.32 Å². The van der Waals surface area contributed by atoms with Crippen molar-refractivity contribution in [3.63, 3.8) is 0 Å². The zero-order valence-corrected chi connectivity index (χ0v) is 12.7. The molecule has 5 nitrogen and oxygen atoms in total. The largest absolute Gasteiger partial charge is 0.496 e. The number of benzene rings is 1. The first kappa shape index (κ1) is 15.4. The Labute approximate surface area is 124 Å². The van der Waals surface area contributed by atoms with Crippen molar-refractivity contribution in [2.75, 3.05) is 7.11 Å². The summed E-state index contributed by atoms with van der Waals surface area (Å²) in [5.41, 5.74) is 0.384. The number of carbonyl (C=O) groups is 2. The van der Waals surface area contributed by atoms with E-state index < -0.39 is 23.2 Å². The van der Waals surface area contributed by atoms with Crippen molar-refractivity contribution in [2.24, 2.45) is 17.3 Å². The SMILES string of the molecule is COc1ccccc1C(C)NC(=O)C1C(C(=O)O)C1(C)C. The van der Waals surface area contributed by atoms with Gasteiger partial charge in [-0.15, -0.1) is 0 Å². The first-order chi connectivity index (χ1) is 9.80. The van der Waals surface area contributed by atoms with E-state index in [1.165, 1.54) is 0 Å². The summed E-state index contributed by atoms with van der Waals surface area (Å²) in [5.74, 6) is -1.51. The van der Waals surface area contributed by atoms with E-state index in [1.54, 1.807) is 7.11 Å². The van der Waals surface area contributed by atoms with Crippen molar-refractivity contribution in [2.45, 2.75) is 26.8 Å². The molecule has 5 heteroatoms. The predicted molar refractivity (Wildman–Crippen MR) is 77.9 cm³/mol. The van der Waals surface area contributed by atoms with E-state index in [4.69, 9.17) is 9.84 Å². The summed E-state index contributed by atoms with van der Waals surface area (Å²) >= 11 is 0. The molecule has 0 bridgehead atoms. The summed E-state index contributed by atoms with van der Waals surface area (Å²) in [6.45, 7) is 5.48. The Morgan fingerprint density at radius 2 is 1.90 bits per heavy atom. The van der Waals surface area contributed by atoms with Crippen molar-refractivity contribution in [1.29, 1.82) is 0 Å². The highest BCUT2D eigenvalue weighted by atomic mass is 16.5. The summed E-state index contributed by atoms with van der Waals surface area (Å²) in [7, 11) is 1.58. The quantitative estimate of drug-likeness (QED) is 0.872. The summed E-state index contributed by atoms with van der Waals surface area (Å²) in [5, 5.41) is 12.0. The fraction of sp³-hybridized carbons (Fsp3) is 0.500. The molecule has 1 amide bonds. The molecule has 21 heavy (non-hydrogen) atoms. The Bertz CT molecular complexity index is 567. The molecule has 1 aliphatic rings. The lowest BCUT2D eigenvalue weighted by Crippen LogP contribution is -2.30. The molecule has 1 aliphatic carbocycles. The predicted octanol–water partition coefficient (Wildman–Crippen LogP) is 2.23. The van der Waals surface area contributed by atoms with E-state index in [0.717, 1.165) is 5.56 Å². The minimum Gasteiger partial charge on any atom is -0.496 e. The number of hydrogen-bond acceptors (Lipinski definition) is 3. The molecule has 2 N–H and O–H groups in total. The summed E-state index contributed by atoms with van der Waals surface area (Å²) in [4.78, 5) is 23.5. The summed E-state index contributed by atoms with van der Waals surface area (Å²) in [6, 6.07) is 7.22. The van der Waals surface area contributed by atoms with E-state index in [0.29, 0.717) is 5.75 Å². The molecule has 3 atom stereocenters. The Morgan fingerprint density at radius 1 is 1.29 bits per heavy atom. The maximum absolute atomic E-state index is 12.3. The zero-order valence-electron chi connectivity index (χ0n) is 12.7. The molecule has 0 radical (unpaired) electrons. The lowest BCUT2D eigenvalue weighted by atomic mass is 10.1. The monoisotopic (exact) mass is 291 g/mol. The fourth-order valence-electron chi connectivity index (χ4n) is 2.99. The van der Waals surface area contributed by atoms with Crippen LogP contribution in [-0.4, -0.2) is 24.1 Å². The van der Waals surface area contributed by atoms with Crippen LogP contribution in [0.3, 0.4) is 0 Å². The minimum atomic E-state index is -0.912. The lowest BCUT2D eigenvalue weighted by Gasteiger charge is -2.17. The molecule has 0 spiro atoms.